The summed E-state index contributed by atoms with van der Waals surface area (Å²) in [5.41, 5.74) is 7.28. The fourth-order valence-corrected chi connectivity index (χ4v) is 4.22. The molecule has 1 aromatic carbocycles. The Hall–Kier alpha value is -2.87. The monoisotopic (exact) mass is 451 g/mol. The summed E-state index contributed by atoms with van der Waals surface area (Å²) in [6.07, 6.45) is 5.41. The molecule has 0 saturated carbocycles. The van der Waals surface area contributed by atoms with E-state index in [1.54, 1.807) is 0 Å². The van der Waals surface area contributed by atoms with E-state index < -0.39 is 8.07 Å². The first-order chi connectivity index (χ1) is 14.9. The molecular weight excluding hydrogens is 426 g/mol. The van der Waals surface area contributed by atoms with Crippen molar-refractivity contribution in [1.29, 1.82) is 5.26 Å². The molecule has 5 rings (SSSR count). The second kappa shape index (κ2) is 8.70. The number of fused-ring (bicyclic) bond motifs is 2. The SMILES string of the molecule is CSc1ncc(C#N)c(Nn2c3ccc(cc3)n3cc2c(COCC[Si](C)(C)C)n3)n1. The van der Waals surface area contributed by atoms with Gasteiger partial charge in [-0.15, -0.1) is 0 Å². The summed E-state index contributed by atoms with van der Waals surface area (Å²) < 4.78 is 9.75. The molecule has 10 heteroatoms. The Balaban J connectivity index is 1.75. The van der Waals surface area contributed by atoms with Crippen molar-refractivity contribution in [2.75, 3.05) is 18.3 Å². The molecule has 0 radical (unpaired) electrons. The number of thioether (sulfide) groups is 1. The second-order valence-electron chi connectivity index (χ2n) is 8.46. The van der Waals surface area contributed by atoms with Gasteiger partial charge in [0.15, 0.2) is 11.0 Å². The minimum absolute atomic E-state index is 0.372. The summed E-state index contributed by atoms with van der Waals surface area (Å²) in [6.45, 7) is 8.15. The molecule has 0 aliphatic carbocycles. The van der Waals surface area contributed by atoms with Crippen LogP contribution in [0.5, 0.6) is 0 Å². The van der Waals surface area contributed by atoms with Gasteiger partial charge in [0.05, 0.1) is 30.0 Å². The molecule has 1 N–H and O–H groups in total. The summed E-state index contributed by atoms with van der Waals surface area (Å²) in [5.74, 6) is 0.449. The van der Waals surface area contributed by atoms with Gasteiger partial charge in [0, 0.05) is 14.7 Å². The molecule has 0 unspecified atom stereocenters. The molecule has 31 heavy (non-hydrogen) atoms. The van der Waals surface area contributed by atoms with Crippen molar-refractivity contribution in [3.8, 4) is 6.07 Å². The van der Waals surface area contributed by atoms with Gasteiger partial charge < -0.3 is 4.74 Å². The van der Waals surface area contributed by atoms with Crippen LogP contribution in [0.15, 0.2) is 41.8 Å². The number of ether oxygens (including phenoxy) is 1. The highest BCUT2D eigenvalue weighted by molar-refractivity contribution is 7.98. The number of anilines is 1. The Morgan fingerprint density at radius 2 is 1.94 bits per heavy atom. The van der Waals surface area contributed by atoms with E-state index in [0.717, 1.165) is 34.9 Å². The molecular formula is C21H25N7OSSi. The topological polar surface area (TPSA) is 93.1 Å². The van der Waals surface area contributed by atoms with Crippen LogP contribution in [0.1, 0.15) is 11.3 Å². The minimum Gasteiger partial charge on any atom is -0.375 e. The van der Waals surface area contributed by atoms with Crippen molar-refractivity contribution in [2.24, 2.45) is 0 Å². The second-order valence-corrected chi connectivity index (χ2v) is 14.9. The first kappa shape index (κ1) is 21.4. The number of rotatable bonds is 8. The zero-order valence-corrected chi connectivity index (χ0v) is 19.9. The van der Waals surface area contributed by atoms with Gasteiger partial charge in [0.1, 0.15) is 22.8 Å². The van der Waals surface area contributed by atoms with Crippen LogP contribution >= 0.6 is 11.8 Å². The standard InChI is InChI=1S/C21H25N7OSSi/c1-30-21-23-12-15(11-22)20(24-21)26-28-17-7-5-16(6-8-17)27-13-19(28)18(25-27)14-29-9-10-31(2,3)4/h5-8,12-13H,9-10,14H2,1-4H3,(H,23,24,26). The minimum atomic E-state index is -1.16. The summed E-state index contributed by atoms with van der Waals surface area (Å²) in [5, 5.41) is 14.9. The van der Waals surface area contributed by atoms with Gasteiger partial charge in [0.25, 0.3) is 0 Å². The molecule has 4 aromatic heterocycles. The average Bonchev–Trinajstić information content (AvgIpc) is 3.20. The van der Waals surface area contributed by atoms with Crippen LogP contribution in [0.25, 0.3) is 16.6 Å². The van der Waals surface area contributed by atoms with Crippen molar-refractivity contribution in [3.05, 3.63) is 47.9 Å². The predicted molar refractivity (Wildman–Crippen MR) is 126 cm³/mol. The molecule has 0 atom stereocenters. The first-order valence-corrected chi connectivity index (χ1v) is 15.0. The van der Waals surface area contributed by atoms with E-state index in [0.29, 0.717) is 23.1 Å². The zero-order valence-electron chi connectivity index (χ0n) is 18.1. The number of hydrogen-bond acceptors (Lipinski definition) is 7. The molecule has 160 valence electrons. The average molecular weight is 452 g/mol. The number of aromatic nitrogens is 5. The van der Waals surface area contributed by atoms with Crippen LogP contribution in [0.3, 0.4) is 0 Å². The largest absolute Gasteiger partial charge is 0.375 e. The molecule has 4 bridgehead atoms. The highest BCUT2D eigenvalue weighted by Gasteiger charge is 2.15. The zero-order chi connectivity index (χ0) is 22.0. The number of nitrogens with one attached hydrogen (secondary N) is 1. The molecule has 0 spiro atoms. The highest BCUT2D eigenvalue weighted by atomic mass is 32.2. The fraction of sp³-hybridized carbons (Fsp3) is 0.333. The maximum atomic E-state index is 9.54. The lowest BCUT2D eigenvalue weighted by atomic mass is 10.3. The van der Waals surface area contributed by atoms with E-state index in [-0.39, 0.29) is 0 Å². The Morgan fingerprint density at radius 1 is 1.19 bits per heavy atom. The van der Waals surface area contributed by atoms with Gasteiger partial charge in [-0.3, -0.25) is 10.1 Å². The van der Waals surface area contributed by atoms with Crippen LogP contribution < -0.4 is 5.43 Å². The van der Waals surface area contributed by atoms with E-state index in [1.165, 1.54) is 18.0 Å². The van der Waals surface area contributed by atoms with E-state index in [4.69, 9.17) is 9.84 Å². The molecule has 0 amide bonds. The smallest absolute Gasteiger partial charge is 0.189 e. The van der Waals surface area contributed by atoms with E-state index in [9.17, 15) is 5.26 Å². The Morgan fingerprint density at radius 3 is 2.61 bits per heavy atom. The highest BCUT2D eigenvalue weighted by Crippen LogP contribution is 2.21. The molecule has 0 aliphatic rings. The van der Waals surface area contributed by atoms with Gasteiger partial charge >= 0.3 is 0 Å². The molecule has 0 aliphatic heterocycles. The lowest BCUT2D eigenvalue weighted by Crippen LogP contribution is -2.21. The third-order valence-electron chi connectivity index (χ3n) is 4.90. The van der Waals surface area contributed by atoms with Gasteiger partial charge in [-0.25, -0.2) is 14.5 Å². The molecule has 8 nitrogen and oxygen atoms in total. The lowest BCUT2D eigenvalue weighted by molar-refractivity contribution is 0.131. The van der Waals surface area contributed by atoms with Crippen LogP contribution in [-0.2, 0) is 11.3 Å². The van der Waals surface area contributed by atoms with Crippen molar-refractivity contribution < 1.29 is 4.74 Å². The van der Waals surface area contributed by atoms with E-state index >= 15 is 0 Å². The molecule has 0 fully saturated rings. The van der Waals surface area contributed by atoms with Crippen molar-refractivity contribution in [2.45, 2.75) is 37.4 Å². The van der Waals surface area contributed by atoms with Crippen molar-refractivity contribution in [1.82, 2.24) is 24.3 Å². The van der Waals surface area contributed by atoms with Gasteiger partial charge in [0.2, 0.25) is 0 Å². The van der Waals surface area contributed by atoms with Gasteiger partial charge in [-0.1, -0.05) is 31.4 Å². The molecule has 4 heterocycles. The van der Waals surface area contributed by atoms with Crippen LogP contribution in [0.2, 0.25) is 25.7 Å². The Labute approximate surface area is 186 Å². The summed E-state index contributed by atoms with van der Waals surface area (Å²) >= 11 is 1.43. The quantitative estimate of drug-likeness (QED) is 0.184. The van der Waals surface area contributed by atoms with E-state index in [1.807, 2.05) is 45.9 Å². The summed E-state index contributed by atoms with van der Waals surface area (Å²) in [4.78, 5) is 8.71. The molecule has 0 saturated heterocycles. The Kier molecular flexibility index (Phi) is 6.00. The van der Waals surface area contributed by atoms with Crippen molar-refractivity contribution in [3.63, 3.8) is 0 Å². The maximum Gasteiger partial charge on any atom is 0.189 e. The third-order valence-corrected chi connectivity index (χ3v) is 7.17. The number of benzene rings is 1. The third kappa shape index (κ3) is 4.74. The Bertz CT molecular complexity index is 1250. The molecule has 5 aromatic rings. The normalized spacial score (nSPS) is 11.8. The lowest BCUT2D eigenvalue weighted by Gasteiger charge is -2.16. The fourth-order valence-electron chi connectivity index (χ4n) is 3.12. The van der Waals surface area contributed by atoms with Crippen LogP contribution in [-0.4, -0.2) is 45.2 Å². The first-order valence-electron chi connectivity index (χ1n) is 10.0. The number of hydrogen-bond donors (Lipinski definition) is 1. The maximum absolute atomic E-state index is 9.54. The number of nitriles is 1. The van der Waals surface area contributed by atoms with Crippen LogP contribution in [0, 0.1) is 11.3 Å². The van der Waals surface area contributed by atoms with Gasteiger partial charge in [-0.05, 0) is 36.6 Å². The predicted octanol–water partition coefficient (Wildman–Crippen LogP) is 4.40. The van der Waals surface area contributed by atoms with Crippen molar-refractivity contribution >= 4 is 42.2 Å². The summed E-state index contributed by atoms with van der Waals surface area (Å²) in [6, 6.07) is 11.3. The van der Waals surface area contributed by atoms with E-state index in [2.05, 4.69) is 41.1 Å². The number of nitrogens with zero attached hydrogens (tertiary/aromatic N) is 6. The van der Waals surface area contributed by atoms with Crippen LogP contribution in [0.4, 0.5) is 5.82 Å². The van der Waals surface area contributed by atoms with Gasteiger partial charge in [-0.2, -0.15) is 10.4 Å². The summed E-state index contributed by atoms with van der Waals surface area (Å²) in [7, 11) is -1.16.